The van der Waals surface area contributed by atoms with Gasteiger partial charge in [-0.25, -0.2) is 0 Å². The number of fused-ring (bicyclic) bond motifs is 3. The van der Waals surface area contributed by atoms with Crippen LogP contribution in [-0.4, -0.2) is 12.1 Å². The predicted molar refractivity (Wildman–Crippen MR) is 75.3 cm³/mol. The van der Waals surface area contributed by atoms with E-state index in [9.17, 15) is 0 Å². The Kier molecular flexibility index (Phi) is 2.19. The zero-order valence-corrected chi connectivity index (χ0v) is 12.1. The minimum Gasteiger partial charge on any atom is -0.310 e. The summed E-state index contributed by atoms with van der Waals surface area (Å²) in [6.07, 6.45) is 12.0. The SMILES string of the molecule is CC12CCC(C1)C(C)(C)C2NC1CC2CC=CC21. The van der Waals surface area contributed by atoms with Gasteiger partial charge in [-0.2, -0.15) is 0 Å². The molecule has 4 rings (SSSR count). The molecule has 100 valence electrons. The summed E-state index contributed by atoms with van der Waals surface area (Å²) in [5.74, 6) is 2.82. The number of allylic oxidation sites excluding steroid dienone is 1. The van der Waals surface area contributed by atoms with Crippen LogP contribution in [0.3, 0.4) is 0 Å². The second kappa shape index (κ2) is 3.42. The standard InChI is InChI=1S/C17H27N/c1-16(2)12-7-8-17(3,10-12)15(16)18-14-9-11-5-4-6-13(11)14/h4,6,11-15,18H,5,7-10H2,1-3H3. The minimum atomic E-state index is 0.514. The van der Waals surface area contributed by atoms with Crippen LogP contribution in [0, 0.1) is 28.6 Å². The molecule has 0 aromatic heterocycles. The van der Waals surface area contributed by atoms with Gasteiger partial charge in [0.25, 0.3) is 0 Å². The molecule has 0 aliphatic heterocycles. The van der Waals surface area contributed by atoms with Gasteiger partial charge in [-0.3, -0.25) is 0 Å². The molecule has 1 heteroatoms. The normalized spacial score (nSPS) is 55.6. The van der Waals surface area contributed by atoms with Gasteiger partial charge in [0.1, 0.15) is 0 Å². The Hall–Kier alpha value is -0.300. The van der Waals surface area contributed by atoms with Gasteiger partial charge in [-0.05, 0) is 60.7 Å². The maximum Gasteiger partial charge on any atom is 0.0178 e. The molecular formula is C17H27N. The molecule has 18 heavy (non-hydrogen) atoms. The molecule has 0 amide bonds. The molecule has 6 atom stereocenters. The van der Waals surface area contributed by atoms with Crippen LogP contribution in [0.5, 0.6) is 0 Å². The number of rotatable bonds is 2. The average molecular weight is 245 g/mol. The summed E-state index contributed by atoms with van der Waals surface area (Å²) in [4.78, 5) is 0. The summed E-state index contributed by atoms with van der Waals surface area (Å²) in [6.45, 7) is 7.57. The lowest BCUT2D eigenvalue weighted by Gasteiger charge is -2.50. The van der Waals surface area contributed by atoms with Crippen molar-refractivity contribution < 1.29 is 0 Å². The first-order chi connectivity index (χ1) is 8.51. The molecule has 0 saturated heterocycles. The third kappa shape index (κ3) is 1.32. The highest BCUT2D eigenvalue weighted by Crippen LogP contribution is 2.63. The van der Waals surface area contributed by atoms with Gasteiger partial charge in [0.05, 0.1) is 0 Å². The van der Waals surface area contributed by atoms with E-state index in [2.05, 4.69) is 38.2 Å². The van der Waals surface area contributed by atoms with Gasteiger partial charge in [0.15, 0.2) is 0 Å². The maximum absolute atomic E-state index is 4.10. The molecule has 3 fully saturated rings. The minimum absolute atomic E-state index is 0.514. The Morgan fingerprint density at radius 2 is 2.06 bits per heavy atom. The van der Waals surface area contributed by atoms with Crippen molar-refractivity contribution in [3.8, 4) is 0 Å². The first-order valence-electron chi connectivity index (χ1n) is 7.93. The number of hydrogen-bond donors (Lipinski definition) is 1. The van der Waals surface area contributed by atoms with Crippen molar-refractivity contribution in [1.29, 1.82) is 0 Å². The van der Waals surface area contributed by atoms with E-state index >= 15 is 0 Å². The summed E-state index contributed by atoms with van der Waals surface area (Å²) in [7, 11) is 0. The van der Waals surface area contributed by atoms with Crippen molar-refractivity contribution in [2.45, 2.75) is 65.0 Å². The molecule has 2 bridgehead atoms. The van der Waals surface area contributed by atoms with Crippen LogP contribution in [0.1, 0.15) is 52.9 Å². The first kappa shape index (κ1) is 11.5. The van der Waals surface area contributed by atoms with Gasteiger partial charge < -0.3 is 5.32 Å². The Labute approximate surface area is 111 Å². The highest BCUT2D eigenvalue weighted by Gasteiger charge is 2.60. The van der Waals surface area contributed by atoms with E-state index in [0.717, 1.165) is 29.8 Å². The summed E-state index contributed by atoms with van der Waals surface area (Å²) in [5.41, 5.74) is 1.10. The molecule has 4 aliphatic carbocycles. The fourth-order valence-electron chi connectivity index (χ4n) is 5.84. The van der Waals surface area contributed by atoms with Crippen LogP contribution in [0.2, 0.25) is 0 Å². The van der Waals surface area contributed by atoms with Crippen molar-refractivity contribution in [3.63, 3.8) is 0 Å². The van der Waals surface area contributed by atoms with Crippen molar-refractivity contribution in [2.24, 2.45) is 28.6 Å². The quantitative estimate of drug-likeness (QED) is 0.731. The third-order valence-corrected chi connectivity index (χ3v) is 7.01. The molecule has 3 saturated carbocycles. The largest absolute Gasteiger partial charge is 0.310 e. The highest BCUT2D eigenvalue weighted by molar-refractivity contribution is 5.17. The van der Waals surface area contributed by atoms with Crippen molar-refractivity contribution in [3.05, 3.63) is 12.2 Å². The number of nitrogens with one attached hydrogen (secondary N) is 1. The van der Waals surface area contributed by atoms with Gasteiger partial charge in [-0.1, -0.05) is 32.9 Å². The van der Waals surface area contributed by atoms with E-state index in [0.29, 0.717) is 10.8 Å². The highest BCUT2D eigenvalue weighted by atomic mass is 15.0. The molecule has 4 aliphatic rings. The van der Waals surface area contributed by atoms with Crippen LogP contribution in [0.4, 0.5) is 0 Å². The summed E-state index contributed by atoms with van der Waals surface area (Å²) in [6, 6.07) is 1.54. The van der Waals surface area contributed by atoms with E-state index < -0.39 is 0 Å². The van der Waals surface area contributed by atoms with Crippen molar-refractivity contribution in [1.82, 2.24) is 5.32 Å². The van der Waals surface area contributed by atoms with Crippen molar-refractivity contribution in [2.75, 3.05) is 0 Å². The summed E-state index contributed by atoms with van der Waals surface area (Å²) >= 11 is 0. The zero-order chi connectivity index (χ0) is 12.5. The Morgan fingerprint density at radius 1 is 1.22 bits per heavy atom. The van der Waals surface area contributed by atoms with Gasteiger partial charge in [0, 0.05) is 12.1 Å². The van der Waals surface area contributed by atoms with E-state index in [-0.39, 0.29) is 0 Å². The average Bonchev–Trinajstić information content (AvgIpc) is 2.88. The van der Waals surface area contributed by atoms with Gasteiger partial charge >= 0.3 is 0 Å². The number of hydrogen-bond acceptors (Lipinski definition) is 1. The lowest BCUT2D eigenvalue weighted by atomic mass is 9.65. The summed E-state index contributed by atoms with van der Waals surface area (Å²) in [5, 5.41) is 4.10. The Balaban J connectivity index is 1.53. The molecule has 0 heterocycles. The summed E-state index contributed by atoms with van der Waals surface area (Å²) < 4.78 is 0. The molecule has 1 N–H and O–H groups in total. The van der Waals surface area contributed by atoms with E-state index in [1.165, 1.54) is 32.1 Å². The second-order valence-electron chi connectivity index (χ2n) is 8.36. The molecule has 0 aromatic rings. The molecule has 0 radical (unpaired) electrons. The second-order valence-corrected chi connectivity index (χ2v) is 8.36. The fraction of sp³-hybridized carbons (Fsp3) is 0.882. The van der Waals surface area contributed by atoms with Crippen LogP contribution >= 0.6 is 0 Å². The molecule has 0 spiro atoms. The Bertz CT molecular complexity index is 392. The van der Waals surface area contributed by atoms with Gasteiger partial charge in [0.2, 0.25) is 0 Å². The fourth-order valence-corrected chi connectivity index (χ4v) is 5.84. The smallest absolute Gasteiger partial charge is 0.0178 e. The van der Waals surface area contributed by atoms with Crippen LogP contribution < -0.4 is 5.32 Å². The zero-order valence-electron chi connectivity index (χ0n) is 12.1. The van der Waals surface area contributed by atoms with Crippen LogP contribution in [-0.2, 0) is 0 Å². The monoisotopic (exact) mass is 245 g/mol. The molecular weight excluding hydrogens is 218 g/mol. The van der Waals surface area contributed by atoms with Gasteiger partial charge in [-0.15, -0.1) is 0 Å². The molecule has 0 aromatic carbocycles. The van der Waals surface area contributed by atoms with Crippen LogP contribution in [0.15, 0.2) is 12.2 Å². The maximum atomic E-state index is 4.10. The van der Waals surface area contributed by atoms with E-state index in [1.807, 2.05) is 0 Å². The van der Waals surface area contributed by atoms with Crippen molar-refractivity contribution >= 4 is 0 Å². The van der Waals surface area contributed by atoms with E-state index in [4.69, 9.17) is 0 Å². The molecule has 1 nitrogen and oxygen atoms in total. The first-order valence-corrected chi connectivity index (χ1v) is 7.93. The van der Waals surface area contributed by atoms with Crippen LogP contribution in [0.25, 0.3) is 0 Å². The third-order valence-electron chi connectivity index (χ3n) is 7.01. The van der Waals surface area contributed by atoms with E-state index in [1.54, 1.807) is 0 Å². The predicted octanol–water partition coefficient (Wildman–Crippen LogP) is 3.76. The molecule has 6 unspecified atom stereocenters. The lowest BCUT2D eigenvalue weighted by molar-refractivity contribution is 0.0558. The Morgan fingerprint density at radius 3 is 2.72 bits per heavy atom. The topological polar surface area (TPSA) is 12.0 Å². The lowest BCUT2D eigenvalue weighted by Crippen LogP contribution is -2.59.